The highest BCUT2D eigenvalue weighted by atomic mass is 32.2. The summed E-state index contributed by atoms with van der Waals surface area (Å²) >= 11 is 0. The van der Waals surface area contributed by atoms with Crippen LogP contribution in [0, 0.1) is 17.3 Å². The van der Waals surface area contributed by atoms with Crippen LogP contribution in [-0.2, 0) is 23.8 Å². The summed E-state index contributed by atoms with van der Waals surface area (Å²) in [6, 6.07) is 0. The molecule has 118 valence electrons. The maximum atomic E-state index is 11.6. The Labute approximate surface area is 125 Å². The van der Waals surface area contributed by atoms with Crippen molar-refractivity contribution in [2.75, 3.05) is 12.9 Å². The summed E-state index contributed by atoms with van der Waals surface area (Å²) in [6.07, 6.45) is 7.74. The van der Waals surface area contributed by atoms with Crippen LogP contribution in [0.5, 0.6) is 0 Å². The lowest BCUT2D eigenvalue weighted by molar-refractivity contribution is -0.174. The van der Waals surface area contributed by atoms with Crippen LogP contribution in [0.4, 0.5) is 0 Å². The van der Waals surface area contributed by atoms with Crippen LogP contribution < -0.4 is 0 Å². The third-order valence-corrected chi connectivity index (χ3v) is 5.80. The molecule has 5 nitrogen and oxygen atoms in total. The van der Waals surface area contributed by atoms with Crippen LogP contribution in [0.25, 0.3) is 0 Å². The number of carbonyl (C=O) groups is 1. The van der Waals surface area contributed by atoms with E-state index in [-0.39, 0.29) is 5.41 Å². The van der Waals surface area contributed by atoms with Crippen LogP contribution in [-0.4, -0.2) is 32.9 Å². The molecule has 2 atom stereocenters. The van der Waals surface area contributed by atoms with Crippen LogP contribution in [0.3, 0.4) is 0 Å². The third kappa shape index (κ3) is 3.01. The van der Waals surface area contributed by atoms with Crippen molar-refractivity contribution in [2.45, 2.75) is 44.1 Å². The Morgan fingerprint density at radius 2 is 1.90 bits per heavy atom. The van der Waals surface area contributed by atoms with Gasteiger partial charge in [-0.1, -0.05) is 6.58 Å². The first-order valence-electron chi connectivity index (χ1n) is 7.43. The predicted octanol–water partition coefficient (Wildman–Crippen LogP) is 2.03. The molecule has 21 heavy (non-hydrogen) atoms. The summed E-state index contributed by atoms with van der Waals surface area (Å²) in [5.74, 6) is 0.551. The Balaban J connectivity index is 1.81. The molecule has 4 aliphatic rings. The van der Waals surface area contributed by atoms with Gasteiger partial charge in [0, 0.05) is 11.5 Å². The zero-order valence-electron chi connectivity index (χ0n) is 12.3. The maximum Gasteiger partial charge on any atom is 0.330 e. The standard InChI is InChI=1S/C15H22O5S/c1-3-13(16)19-10-14-5-11-4-12(6-14)8-15(7-11,9-14)20-21(2,17)18/h3,11-12H,1,4-10H2,2H3. The topological polar surface area (TPSA) is 69.7 Å². The minimum atomic E-state index is -3.47. The minimum Gasteiger partial charge on any atom is -0.462 e. The normalized spacial score (nSPS) is 41.0. The number of carbonyl (C=O) groups excluding carboxylic acids is 1. The fraction of sp³-hybridized carbons (Fsp3) is 0.800. The largest absolute Gasteiger partial charge is 0.462 e. The van der Waals surface area contributed by atoms with Gasteiger partial charge in [0.2, 0.25) is 0 Å². The third-order valence-electron chi connectivity index (χ3n) is 5.14. The minimum absolute atomic E-state index is 0.118. The molecule has 4 bridgehead atoms. The van der Waals surface area contributed by atoms with E-state index in [9.17, 15) is 13.2 Å². The SMILES string of the molecule is C=CC(=O)OCC12CC3CC(C1)CC(OS(C)(=O)=O)(C3)C2. The molecule has 4 saturated carbocycles. The zero-order valence-corrected chi connectivity index (χ0v) is 13.2. The van der Waals surface area contributed by atoms with Crippen molar-refractivity contribution in [2.24, 2.45) is 17.3 Å². The molecule has 2 unspecified atom stereocenters. The average molecular weight is 314 g/mol. The van der Waals surface area contributed by atoms with Gasteiger partial charge in [-0.2, -0.15) is 8.42 Å². The van der Waals surface area contributed by atoms with Crippen molar-refractivity contribution in [3.05, 3.63) is 12.7 Å². The van der Waals surface area contributed by atoms with Crippen molar-refractivity contribution < 1.29 is 22.1 Å². The van der Waals surface area contributed by atoms with E-state index in [0.29, 0.717) is 24.9 Å². The van der Waals surface area contributed by atoms with E-state index < -0.39 is 21.7 Å². The lowest BCUT2D eigenvalue weighted by atomic mass is 9.48. The summed E-state index contributed by atoms with van der Waals surface area (Å²) in [5.41, 5.74) is -0.689. The van der Waals surface area contributed by atoms with Gasteiger partial charge in [0.1, 0.15) is 0 Å². The summed E-state index contributed by atoms with van der Waals surface area (Å²) in [7, 11) is -3.47. The highest BCUT2D eigenvalue weighted by Gasteiger charge is 2.59. The van der Waals surface area contributed by atoms with Crippen LogP contribution in [0.1, 0.15) is 38.5 Å². The second-order valence-electron chi connectivity index (χ2n) is 7.24. The first kappa shape index (κ1) is 15.0. The van der Waals surface area contributed by atoms with Gasteiger partial charge in [-0.25, -0.2) is 4.79 Å². The number of hydrogen-bond acceptors (Lipinski definition) is 5. The van der Waals surface area contributed by atoms with E-state index in [1.165, 1.54) is 6.08 Å². The Hall–Kier alpha value is -0.880. The Morgan fingerprint density at radius 3 is 2.43 bits per heavy atom. The van der Waals surface area contributed by atoms with E-state index in [1.807, 2.05) is 0 Å². The lowest BCUT2D eigenvalue weighted by Gasteiger charge is -2.60. The fourth-order valence-electron chi connectivity index (χ4n) is 5.24. The maximum absolute atomic E-state index is 11.6. The van der Waals surface area contributed by atoms with Gasteiger partial charge in [0.05, 0.1) is 18.5 Å². The summed E-state index contributed by atoms with van der Waals surface area (Å²) < 4.78 is 34.0. The molecule has 0 spiro atoms. The van der Waals surface area contributed by atoms with E-state index in [1.54, 1.807) is 0 Å². The fourth-order valence-corrected chi connectivity index (χ4v) is 6.07. The molecular formula is C15H22O5S. The zero-order chi connectivity index (χ0) is 15.3. The number of ether oxygens (including phenoxy) is 1. The van der Waals surface area contributed by atoms with E-state index in [2.05, 4.69) is 6.58 Å². The Morgan fingerprint density at radius 1 is 1.29 bits per heavy atom. The van der Waals surface area contributed by atoms with Gasteiger partial charge in [0.15, 0.2) is 0 Å². The van der Waals surface area contributed by atoms with Gasteiger partial charge in [-0.05, 0) is 50.4 Å². The molecule has 0 aromatic heterocycles. The molecule has 0 aromatic rings. The quantitative estimate of drug-likeness (QED) is 0.441. The van der Waals surface area contributed by atoms with Gasteiger partial charge < -0.3 is 4.74 Å². The van der Waals surface area contributed by atoms with Crippen molar-refractivity contribution in [3.63, 3.8) is 0 Å². The average Bonchev–Trinajstić information content (AvgIpc) is 2.31. The van der Waals surface area contributed by atoms with Gasteiger partial charge >= 0.3 is 5.97 Å². The molecule has 4 rings (SSSR count). The summed E-state index contributed by atoms with van der Waals surface area (Å²) in [4.78, 5) is 11.3. The Bertz CT molecular complexity index is 551. The molecule has 4 aliphatic carbocycles. The van der Waals surface area contributed by atoms with Crippen molar-refractivity contribution >= 4 is 16.1 Å². The van der Waals surface area contributed by atoms with Crippen molar-refractivity contribution in [3.8, 4) is 0 Å². The Kier molecular flexibility index (Phi) is 3.44. The monoisotopic (exact) mass is 314 g/mol. The van der Waals surface area contributed by atoms with E-state index >= 15 is 0 Å². The number of rotatable bonds is 5. The molecule has 0 heterocycles. The van der Waals surface area contributed by atoms with E-state index in [4.69, 9.17) is 8.92 Å². The van der Waals surface area contributed by atoms with E-state index in [0.717, 1.165) is 38.4 Å². The van der Waals surface area contributed by atoms with Gasteiger partial charge in [-0.15, -0.1) is 0 Å². The molecule has 6 heteroatoms. The highest BCUT2D eigenvalue weighted by molar-refractivity contribution is 7.86. The van der Waals surface area contributed by atoms with Crippen molar-refractivity contribution in [1.29, 1.82) is 0 Å². The second kappa shape index (κ2) is 4.81. The smallest absolute Gasteiger partial charge is 0.330 e. The van der Waals surface area contributed by atoms with Crippen LogP contribution in [0.2, 0.25) is 0 Å². The molecule has 0 aliphatic heterocycles. The molecule has 0 saturated heterocycles. The van der Waals surface area contributed by atoms with Gasteiger partial charge in [-0.3, -0.25) is 4.18 Å². The van der Waals surface area contributed by atoms with Crippen LogP contribution in [0.15, 0.2) is 12.7 Å². The molecule has 4 fully saturated rings. The highest BCUT2D eigenvalue weighted by Crippen LogP contribution is 2.63. The molecule has 0 N–H and O–H groups in total. The molecule has 0 amide bonds. The first-order valence-corrected chi connectivity index (χ1v) is 9.25. The van der Waals surface area contributed by atoms with Gasteiger partial charge in [0.25, 0.3) is 10.1 Å². The molecular weight excluding hydrogens is 292 g/mol. The summed E-state index contributed by atoms with van der Waals surface area (Å²) in [5, 5.41) is 0. The first-order chi connectivity index (χ1) is 9.73. The van der Waals surface area contributed by atoms with Crippen LogP contribution >= 0.6 is 0 Å². The number of esters is 1. The second-order valence-corrected chi connectivity index (χ2v) is 8.82. The molecule has 0 radical (unpaired) electrons. The lowest BCUT2D eigenvalue weighted by Crippen LogP contribution is -2.58. The predicted molar refractivity (Wildman–Crippen MR) is 76.9 cm³/mol. The summed E-state index contributed by atoms with van der Waals surface area (Å²) in [6.45, 7) is 3.76. The molecule has 0 aromatic carbocycles. The van der Waals surface area contributed by atoms with Crippen molar-refractivity contribution in [1.82, 2.24) is 0 Å². The number of hydrogen-bond donors (Lipinski definition) is 0.